The largest absolute Gasteiger partial charge is 0.340 e. The zero-order chi connectivity index (χ0) is 23.4. The van der Waals surface area contributed by atoms with Gasteiger partial charge in [-0.15, -0.1) is 11.3 Å². The van der Waals surface area contributed by atoms with Gasteiger partial charge in [0.2, 0.25) is 15.9 Å². The number of thiazole rings is 1. The summed E-state index contributed by atoms with van der Waals surface area (Å²) in [7, 11) is -3.56. The molecule has 172 valence electrons. The van der Waals surface area contributed by atoms with Gasteiger partial charge in [-0.3, -0.25) is 4.79 Å². The molecule has 3 aromatic rings. The third-order valence-electron chi connectivity index (χ3n) is 5.42. The maximum atomic E-state index is 13.3. The molecule has 2 heterocycles. The summed E-state index contributed by atoms with van der Waals surface area (Å²) in [5.74, 6) is -0.395. The number of carbonyl (C=O) groups excluding carboxylic acids is 1. The number of sulfonamides is 1. The Kier molecular flexibility index (Phi) is 7.02. The third kappa shape index (κ3) is 5.73. The Morgan fingerprint density at radius 2 is 1.73 bits per heavy atom. The van der Waals surface area contributed by atoms with Crippen molar-refractivity contribution < 1.29 is 17.6 Å². The first-order valence-electron chi connectivity index (χ1n) is 10.5. The first-order chi connectivity index (χ1) is 15.8. The molecule has 1 aliphatic rings. The van der Waals surface area contributed by atoms with Crippen LogP contribution >= 0.6 is 11.3 Å². The number of nitrogens with zero attached hydrogens (tertiary/aromatic N) is 3. The van der Waals surface area contributed by atoms with E-state index in [-0.39, 0.29) is 31.2 Å². The average molecular weight is 486 g/mol. The van der Waals surface area contributed by atoms with E-state index in [1.807, 2.05) is 37.3 Å². The number of piperazine rings is 1. The molecule has 1 saturated heterocycles. The van der Waals surface area contributed by atoms with Crippen LogP contribution in [0.5, 0.6) is 0 Å². The molecular formula is C24H24FN3O3S2. The van der Waals surface area contributed by atoms with Gasteiger partial charge in [0.05, 0.1) is 17.1 Å². The van der Waals surface area contributed by atoms with Crippen molar-refractivity contribution in [2.24, 2.45) is 0 Å². The third-order valence-corrected chi connectivity index (χ3v) is 7.95. The summed E-state index contributed by atoms with van der Waals surface area (Å²) in [4.78, 5) is 20.0. The fourth-order valence-electron chi connectivity index (χ4n) is 3.68. The molecular weight excluding hydrogens is 461 g/mol. The molecule has 6 nitrogen and oxygen atoms in total. The van der Waals surface area contributed by atoms with E-state index < -0.39 is 10.0 Å². The van der Waals surface area contributed by atoms with Crippen molar-refractivity contribution in [2.75, 3.05) is 26.2 Å². The van der Waals surface area contributed by atoms with Crippen molar-refractivity contribution >= 4 is 33.3 Å². The lowest BCUT2D eigenvalue weighted by Gasteiger charge is -2.33. The van der Waals surface area contributed by atoms with Gasteiger partial charge in [-0.1, -0.05) is 30.3 Å². The predicted molar refractivity (Wildman–Crippen MR) is 128 cm³/mol. The van der Waals surface area contributed by atoms with Crippen LogP contribution in [0.25, 0.3) is 17.3 Å². The van der Waals surface area contributed by atoms with Gasteiger partial charge in [-0.2, -0.15) is 4.31 Å². The maximum Gasteiger partial charge on any atom is 0.236 e. The summed E-state index contributed by atoms with van der Waals surface area (Å²) in [6, 6.07) is 15.3. The van der Waals surface area contributed by atoms with E-state index >= 15 is 0 Å². The monoisotopic (exact) mass is 485 g/mol. The molecule has 2 aromatic carbocycles. The number of rotatable bonds is 6. The summed E-state index contributed by atoms with van der Waals surface area (Å²) < 4.78 is 40.0. The minimum absolute atomic E-state index is 0.0705. The molecule has 0 N–H and O–H groups in total. The second-order valence-corrected chi connectivity index (χ2v) is 10.8. The van der Waals surface area contributed by atoms with E-state index in [0.29, 0.717) is 18.8 Å². The fraction of sp³-hybridized carbons (Fsp3) is 0.250. The van der Waals surface area contributed by atoms with Crippen molar-refractivity contribution in [2.45, 2.75) is 13.3 Å². The number of halogens is 1. The SMILES string of the molecule is Cc1nc(-c2ccc(F)cc2)c(CC(=O)N2CCN(S(=O)(=O)/C=C/c3ccccc3)CC2)s1. The van der Waals surface area contributed by atoms with Gasteiger partial charge in [0.1, 0.15) is 5.82 Å². The van der Waals surface area contributed by atoms with E-state index in [0.717, 1.165) is 21.0 Å². The normalized spacial score (nSPS) is 15.3. The molecule has 0 saturated carbocycles. The van der Waals surface area contributed by atoms with Crippen molar-refractivity contribution in [3.05, 3.63) is 81.3 Å². The van der Waals surface area contributed by atoms with Crippen molar-refractivity contribution in [3.8, 4) is 11.3 Å². The number of amides is 1. The molecule has 0 aliphatic carbocycles. The van der Waals surface area contributed by atoms with Gasteiger partial charge in [0.15, 0.2) is 0 Å². The van der Waals surface area contributed by atoms with E-state index in [9.17, 15) is 17.6 Å². The lowest BCUT2D eigenvalue weighted by Crippen LogP contribution is -2.50. The summed E-state index contributed by atoms with van der Waals surface area (Å²) >= 11 is 1.45. The Labute approximate surface area is 197 Å². The zero-order valence-corrected chi connectivity index (χ0v) is 19.8. The van der Waals surface area contributed by atoms with Crippen LogP contribution in [0.2, 0.25) is 0 Å². The number of carbonyl (C=O) groups is 1. The van der Waals surface area contributed by atoms with Crippen molar-refractivity contribution in [1.82, 2.24) is 14.2 Å². The average Bonchev–Trinajstić information content (AvgIpc) is 3.19. The Bertz CT molecular complexity index is 1250. The molecule has 33 heavy (non-hydrogen) atoms. The number of hydrogen-bond donors (Lipinski definition) is 0. The van der Waals surface area contributed by atoms with Gasteiger partial charge in [-0.05, 0) is 42.8 Å². The molecule has 0 spiro atoms. The molecule has 1 amide bonds. The quantitative estimate of drug-likeness (QED) is 0.530. The molecule has 4 rings (SSSR count). The molecule has 1 aliphatic heterocycles. The first-order valence-corrected chi connectivity index (χ1v) is 12.9. The standard InChI is InChI=1S/C24H24FN3O3S2/c1-18-26-24(20-7-9-21(25)10-8-20)22(32-18)17-23(29)27-12-14-28(15-13-27)33(30,31)16-11-19-5-3-2-4-6-19/h2-11,16H,12-15,17H2,1H3/b16-11+. The molecule has 0 bridgehead atoms. The molecule has 1 fully saturated rings. The topological polar surface area (TPSA) is 70.6 Å². The highest BCUT2D eigenvalue weighted by molar-refractivity contribution is 7.92. The van der Waals surface area contributed by atoms with Crippen molar-refractivity contribution in [1.29, 1.82) is 0 Å². The van der Waals surface area contributed by atoms with Gasteiger partial charge in [0.25, 0.3) is 0 Å². The molecule has 0 unspecified atom stereocenters. The van der Waals surface area contributed by atoms with Crippen LogP contribution in [0.3, 0.4) is 0 Å². The Morgan fingerprint density at radius 1 is 1.06 bits per heavy atom. The van der Waals surface area contributed by atoms with E-state index in [1.54, 1.807) is 23.1 Å². The lowest BCUT2D eigenvalue weighted by molar-refractivity contribution is -0.131. The Balaban J connectivity index is 1.38. The highest BCUT2D eigenvalue weighted by Gasteiger charge is 2.28. The van der Waals surface area contributed by atoms with E-state index in [1.165, 1.54) is 33.2 Å². The van der Waals surface area contributed by atoms with Gasteiger partial charge in [0, 0.05) is 42.0 Å². The highest BCUT2D eigenvalue weighted by atomic mass is 32.2. The molecule has 0 atom stereocenters. The van der Waals surface area contributed by atoms with Crippen LogP contribution in [-0.2, 0) is 21.2 Å². The summed E-state index contributed by atoms with van der Waals surface area (Å²) in [5.41, 5.74) is 2.27. The smallest absolute Gasteiger partial charge is 0.236 e. The van der Waals surface area contributed by atoms with Crippen molar-refractivity contribution in [3.63, 3.8) is 0 Å². The second-order valence-electron chi connectivity index (χ2n) is 7.73. The zero-order valence-electron chi connectivity index (χ0n) is 18.1. The van der Waals surface area contributed by atoms with Gasteiger partial charge in [-0.25, -0.2) is 17.8 Å². The fourth-order valence-corrected chi connectivity index (χ4v) is 5.80. The van der Waals surface area contributed by atoms with Crippen LogP contribution in [0, 0.1) is 12.7 Å². The molecule has 9 heteroatoms. The Hall–Kier alpha value is -2.88. The molecule has 1 aromatic heterocycles. The minimum Gasteiger partial charge on any atom is -0.340 e. The summed E-state index contributed by atoms with van der Waals surface area (Å²) in [5, 5.41) is 2.05. The lowest BCUT2D eigenvalue weighted by atomic mass is 10.1. The minimum atomic E-state index is -3.56. The Morgan fingerprint density at radius 3 is 2.39 bits per heavy atom. The van der Waals surface area contributed by atoms with Crippen LogP contribution in [0.15, 0.2) is 60.0 Å². The maximum absolute atomic E-state index is 13.3. The van der Waals surface area contributed by atoms with E-state index in [2.05, 4.69) is 4.98 Å². The van der Waals surface area contributed by atoms with E-state index in [4.69, 9.17) is 0 Å². The van der Waals surface area contributed by atoms with Gasteiger partial charge < -0.3 is 4.90 Å². The summed E-state index contributed by atoms with van der Waals surface area (Å²) in [6.45, 7) is 3.04. The van der Waals surface area contributed by atoms with Crippen LogP contribution in [0.1, 0.15) is 15.4 Å². The summed E-state index contributed by atoms with van der Waals surface area (Å²) in [6.07, 6.45) is 1.76. The number of hydrogen-bond acceptors (Lipinski definition) is 5. The predicted octanol–water partition coefficient (Wildman–Crippen LogP) is 3.95. The number of benzene rings is 2. The number of aromatic nitrogens is 1. The highest BCUT2D eigenvalue weighted by Crippen LogP contribution is 2.29. The van der Waals surface area contributed by atoms with Crippen LogP contribution < -0.4 is 0 Å². The van der Waals surface area contributed by atoms with Crippen LogP contribution in [-0.4, -0.2) is 54.7 Å². The van der Waals surface area contributed by atoms with Gasteiger partial charge >= 0.3 is 0 Å². The second kappa shape index (κ2) is 9.94. The number of aryl methyl sites for hydroxylation is 1. The molecule has 0 radical (unpaired) electrons. The first kappa shape index (κ1) is 23.3. The van der Waals surface area contributed by atoms with Crippen LogP contribution in [0.4, 0.5) is 4.39 Å².